The number of hydrogen-bond donors (Lipinski definition) is 1. The van der Waals surface area contributed by atoms with Crippen molar-refractivity contribution < 1.29 is 4.74 Å². The summed E-state index contributed by atoms with van der Waals surface area (Å²) in [6.45, 7) is 0. The lowest BCUT2D eigenvalue weighted by molar-refractivity contribution is 0.137. The first-order chi connectivity index (χ1) is 20.3. The number of allylic oxidation sites excluding steroid dienone is 4. The van der Waals surface area contributed by atoms with Gasteiger partial charge in [0.15, 0.2) is 23.7 Å². The molecule has 0 radical (unpaired) electrons. The fraction of sp³-hybridized carbons (Fsp3) is 0.0833. The van der Waals surface area contributed by atoms with E-state index in [4.69, 9.17) is 19.7 Å². The molecule has 3 aliphatic rings. The van der Waals surface area contributed by atoms with Crippen molar-refractivity contribution in [2.75, 3.05) is 0 Å². The average molecular weight is 531 g/mol. The Kier molecular flexibility index (Phi) is 5.59. The maximum absolute atomic E-state index is 6.38. The number of nitrogens with zero attached hydrogens (tertiary/aromatic N) is 3. The summed E-state index contributed by atoms with van der Waals surface area (Å²) in [6, 6.07) is 37.0. The van der Waals surface area contributed by atoms with Crippen LogP contribution in [0.1, 0.15) is 28.8 Å². The first-order valence-electron chi connectivity index (χ1n) is 13.9. The molecule has 0 bridgehead atoms. The lowest BCUT2D eigenvalue weighted by atomic mass is 9.74. The van der Waals surface area contributed by atoms with E-state index in [0.29, 0.717) is 17.5 Å². The molecular formula is C36H26N4O. The molecule has 5 nitrogen and oxygen atoms in total. The van der Waals surface area contributed by atoms with Crippen LogP contribution in [0.4, 0.5) is 0 Å². The van der Waals surface area contributed by atoms with Crippen molar-refractivity contribution in [3.63, 3.8) is 0 Å². The number of nitrogens with one attached hydrogen (secondary N) is 1. The second-order valence-electron chi connectivity index (χ2n) is 10.5. The Morgan fingerprint density at radius 2 is 1.17 bits per heavy atom. The van der Waals surface area contributed by atoms with Gasteiger partial charge in [-0.25, -0.2) is 15.0 Å². The van der Waals surface area contributed by atoms with Gasteiger partial charge in [-0.1, -0.05) is 121 Å². The molecule has 5 aromatic rings. The predicted octanol–water partition coefficient (Wildman–Crippen LogP) is 7.70. The summed E-state index contributed by atoms with van der Waals surface area (Å²) < 4.78 is 6.38. The SMILES string of the molecule is C1=CC2C=Cc3ccc(-c4nc(-c5ccccc5)nc(-c5ccccc5)n4)cc3C2C2=C1OC(c1ccccc1)N2. The van der Waals surface area contributed by atoms with Gasteiger partial charge < -0.3 is 10.1 Å². The number of benzene rings is 4. The molecule has 41 heavy (non-hydrogen) atoms. The Hall–Kier alpha value is -5.29. The van der Waals surface area contributed by atoms with E-state index in [1.165, 1.54) is 11.1 Å². The number of ether oxygens (including phenoxy) is 1. The van der Waals surface area contributed by atoms with Gasteiger partial charge in [0.2, 0.25) is 0 Å². The number of fused-ring (bicyclic) bond motifs is 4. The monoisotopic (exact) mass is 530 g/mol. The lowest BCUT2D eigenvalue weighted by Gasteiger charge is -2.31. The van der Waals surface area contributed by atoms with Crippen LogP contribution in [0.2, 0.25) is 0 Å². The Labute approximate surface area is 238 Å². The quantitative estimate of drug-likeness (QED) is 0.258. The third kappa shape index (κ3) is 4.23. The molecule has 3 atom stereocenters. The van der Waals surface area contributed by atoms with Crippen LogP contribution in [0.15, 0.2) is 139 Å². The van der Waals surface area contributed by atoms with E-state index in [1.807, 2.05) is 78.9 Å². The molecule has 1 aliphatic heterocycles. The minimum atomic E-state index is -0.201. The van der Waals surface area contributed by atoms with Crippen LogP contribution in [0.5, 0.6) is 0 Å². The molecule has 1 N–H and O–H groups in total. The van der Waals surface area contributed by atoms with Gasteiger partial charge in [0.05, 0.1) is 5.70 Å². The summed E-state index contributed by atoms with van der Waals surface area (Å²) in [7, 11) is 0. The Morgan fingerprint density at radius 1 is 0.585 bits per heavy atom. The molecule has 0 saturated heterocycles. The standard InChI is InChI=1S/C36H26N4O/c1-4-10-25(11-5-1)33-38-34(26-12-6-2-7-13-26)40-35(39-33)28-19-17-23-16-18-24-20-21-30-32(31(24)29(23)22-28)37-36(41-30)27-14-8-3-9-15-27/h1-22,24,31,36-37H. The van der Waals surface area contributed by atoms with Gasteiger partial charge in [-0.15, -0.1) is 0 Å². The minimum Gasteiger partial charge on any atom is -0.465 e. The van der Waals surface area contributed by atoms with Gasteiger partial charge in [-0.2, -0.15) is 0 Å². The molecule has 2 aliphatic carbocycles. The summed E-state index contributed by atoms with van der Waals surface area (Å²) in [5, 5.41) is 3.70. The highest BCUT2D eigenvalue weighted by Gasteiger charge is 2.38. The van der Waals surface area contributed by atoms with E-state index in [1.54, 1.807) is 0 Å². The van der Waals surface area contributed by atoms with E-state index in [0.717, 1.165) is 33.7 Å². The maximum atomic E-state index is 6.38. The van der Waals surface area contributed by atoms with Crippen molar-refractivity contribution in [1.29, 1.82) is 0 Å². The van der Waals surface area contributed by atoms with Crippen LogP contribution in [-0.4, -0.2) is 15.0 Å². The first-order valence-corrected chi connectivity index (χ1v) is 13.9. The van der Waals surface area contributed by atoms with E-state index in [9.17, 15) is 0 Å². The Bertz CT molecular complexity index is 1790. The van der Waals surface area contributed by atoms with Crippen molar-refractivity contribution in [3.8, 4) is 34.2 Å². The molecule has 5 heteroatoms. The number of hydrogen-bond acceptors (Lipinski definition) is 5. The van der Waals surface area contributed by atoms with Crippen molar-refractivity contribution in [2.24, 2.45) is 5.92 Å². The molecule has 1 aromatic heterocycles. The van der Waals surface area contributed by atoms with E-state index in [-0.39, 0.29) is 18.1 Å². The smallest absolute Gasteiger partial charge is 0.196 e. The normalized spacial score (nSPS) is 20.0. The number of rotatable bonds is 4. The summed E-state index contributed by atoms with van der Waals surface area (Å²) in [5.74, 6) is 3.24. The molecule has 4 aromatic carbocycles. The van der Waals surface area contributed by atoms with Gasteiger partial charge in [0.1, 0.15) is 5.76 Å². The predicted molar refractivity (Wildman–Crippen MR) is 161 cm³/mol. The number of aromatic nitrogens is 3. The zero-order valence-corrected chi connectivity index (χ0v) is 22.2. The molecule has 8 rings (SSSR count). The van der Waals surface area contributed by atoms with Gasteiger partial charge >= 0.3 is 0 Å². The van der Waals surface area contributed by atoms with Gasteiger partial charge in [-0.3, -0.25) is 0 Å². The van der Waals surface area contributed by atoms with Crippen LogP contribution in [0.25, 0.3) is 40.2 Å². The Morgan fingerprint density at radius 3 is 1.83 bits per heavy atom. The Balaban J connectivity index is 1.22. The minimum absolute atomic E-state index is 0.118. The molecule has 2 heterocycles. The van der Waals surface area contributed by atoms with Gasteiger partial charge in [0.25, 0.3) is 0 Å². The third-order valence-corrected chi connectivity index (χ3v) is 7.94. The maximum Gasteiger partial charge on any atom is 0.196 e. The van der Waals surface area contributed by atoms with E-state index < -0.39 is 0 Å². The topological polar surface area (TPSA) is 59.9 Å². The van der Waals surface area contributed by atoms with Crippen molar-refractivity contribution in [1.82, 2.24) is 20.3 Å². The van der Waals surface area contributed by atoms with E-state index >= 15 is 0 Å². The average Bonchev–Trinajstić information content (AvgIpc) is 3.50. The van der Waals surface area contributed by atoms with Gasteiger partial charge in [0, 0.05) is 34.1 Å². The van der Waals surface area contributed by atoms with Crippen molar-refractivity contribution >= 4 is 6.08 Å². The molecule has 196 valence electrons. The van der Waals surface area contributed by atoms with Crippen molar-refractivity contribution in [3.05, 3.63) is 156 Å². The molecule has 0 amide bonds. The molecular weight excluding hydrogens is 504 g/mol. The van der Waals surface area contributed by atoms with Crippen LogP contribution < -0.4 is 5.32 Å². The molecule has 0 fully saturated rings. The highest BCUT2D eigenvalue weighted by atomic mass is 16.5. The van der Waals surface area contributed by atoms with Crippen LogP contribution in [0, 0.1) is 5.92 Å². The second kappa shape index (κ2) is 9.72. The first kappa shape index (κ1) is 23.6. The fourth-order valence-electron chi connectivity index (χ4n) is 5.91. The fourth-order valence-corrected chi connectivity index (χ4v) is 5.91. The lowest BCUT2D eigenvalue weighted by Crippen LogP contribution is -2.26. The highest BCUT2D eigenvalue weighted by molar-refractivity contribution is 5.71. The molecule has 0 spiro atoms. The summed E-state index contributed by atoms with van der Waals surface area (Å²) in [5.41, 5.74) is 7.55. The van der Waals surface area contributed by atoms with Crippen LogP contribution in [-0.2, 0) is 4.74 Å². The zero-order valence-electron chi connectivity index (χ0n) is 22.2. The van der Waals surface area contributed by atoms with Gasteiger partial charge in [-0.05, 0) is 23.3 Å². The summed E-state index contributed by atoms with van der Waals surface area (Å²) in [4.78, 5) is 14.8. The third-order valence-electron chi connectivity index (χ3n) is 7.94. The van der Waals surface area contributed by atoms with Crippen LogP contribution in [0.3, 0.4) is 0 Å². The molecule has 3 unspecified atom stereocenters. The molecule has 0 saturated carbocycles. The van der Waals surface area contributed by atoms with Crippen molar-refractivity contribution in [2.45, 2.75) is 12.1 Å². The zero-order chi connectivity index (χ0) is 27.2. The van der Waals surface area contributed by atoms with E-state index in [2.05, 4.69) is 60.0 Å². The summed E-state index contributed by atoms with van der Waals surface area (Å²) in [6.07, 6.45) is 8.66. The van der Waals surface area contributed by atoms with Crippen LogP contribution >= 0.6 is 0 Å². The summed E-state index contributed by atoms with van der Waals surface area (Å²) >= 11 is 0. The second-order valence-corrected chi connectivity index (χ2v) is 10.5. The largest absolute Gasteiger partial charge is 0.465 e. The highest BCUT2D eigenvalue weighted by Crippen LogP contribution is 2.47.